The molecule has 0 aromatic heterocycles. The standard InChI is InChI=1S/C28H54O10/c1-3-5-7-8-10-12-28(30)38-26-24-36-22-20-34-18-16-32-14-13-31-15-17-33-19-21-35-23-25-37-27(29)11-9-6-4-2/h3-26H2,1-2H3. The van der Waals surface area contributed by atoms with E-state index in [1.165, 1.54) is 19.3 Å². The Bertz CT molecular complexity index is 504. The topological polar surface area (TPSA) is 108 Å². The van der Waals surface area contributed by atoms with E-state index in [9.17, 15) is 9.59 Å². The lowest BCUT2D eigenvalue weighted by molar-refractivity contribution is -0.146. The van der Waals surface area contributed by atoms with Gasteiger partial charge in [-0.05, 0) is 12.8 Å². The zero-order chi connectivity index (χ0) is 27.8. The van der Waals surface area contributed by atoms with Gasteiger partial charge in [0.05, 0.1) is 79.3 Å². The molecule has 226 valence electrons. The molecule has 0 atom stereocenters. The third-order valence-electron chi connectivity index (χ3n) is 5.31. The maximum atomic E-state index is 11.6. The molecule has 0 bridgehead atoms. The number of carbonyl (C=O) groups is 2. The molecule has 0 radical (unpaired) electrons. The fourth-order valence-corrected chi connectivity index (χ4v) is 3.17. The Labute approximate surface area is 230 Å². The Hall–Kier alpha value is -1.30. The van der Waals surface area contributed by atoms with Crippen molar-refractivity contribution in [3.05, 3.63) is 0 Å². The van der Waals surface area contributed by atoms with Gasteiger partial charge in [-0.2, -0.15) is 0 Å². The van der Waals surface area contributed by atoms with Crippen molar-refractivity contribution in [2.75, 3.05) is 92.5 Å². The summed E-state index contributed by atoms with van der Waals surface area (Å²) in [6.07, 6.45) is 9.58. The predicted octanol–water partition coefficient (Wildman–Crippen LogP) is 4.11. The first-order valence-corrected chi connectivity index (χ1v) is 14.5. The molecule has 10 nitrogen and oxygen atoms in total. The molecule has 10 heteroatoms. The third-order valence-corrected chi connectivity index (χ3v) is 5.31. The van der Waals surface area contributed by atoms with Crippen molar-refractivity contribution in [1.82, 2.24) is 0 Å². The van der Waals surface area contributed by atoms with Crippen LogP contribution in [0.15, 0.2) is 0 Å². The van der Waals surface area contributed by atoms with E-state index in [-0.39, 0.29) is 25.2 Å². The molecule has 0 heterocycles. The quantitative estimate of drug-likeness (QED) is 0.0924. The highest BCUT2D eigenvalue weighted by Crippen LogP contribution is 2.05. The Morgan fingerprint density at radius 3 is 0.974 bits per heavy atom. The second kappa shape index (κ2) is 31.9. The van der Waals surface area contributed by atoms with Crippen molar-refractivity contribution >= 4 is 11.9 Å². The van der Waals surface area contributed by atoms with Gasteiger partial charge in [-0.3, -0.25) is 9.59 Å². The molecule has 0 amide bonds. The van der Waals surface area contributed by atoms with Gasteiger partial charge in [-0.15, -0.1) is 0 Å². The first kappa shape index (κ1) is 36.7. The highest BCUT2D eigenvalue weighted by atomic mass is 16.6. The van der Waals surface area contributed by atoms with Crippen molar-refractivity contribution < 1.29 is 47.5 Å². The van der Waals surface area contributed by atoms with Crippen LogP contribution in [-0.4, -0.2) is 104 Å². The van der Waals surface area contributed by atoms with Crippen LogP contribution in [0, 0.1) is 0 Å². The minimum Gasteiger partial charge on any atom is -0.463 e. The summed E-state index contributed by atoms with van der Waals surface area (Å²) in [6.45, 7) is 10.4. The van der Waals surface area contributed by atoms with Crippen LogP contribution in [0.1, 0.15) is 78.1 Å². The first-order valence-electron chi connectivity index (χ1n) is 14.5. The number of rotatable bonds is 31. The van der Waals surface area contributed by atoms with Gasteiger partial charge in [0.25, 0.3) is 0 Å². The monoisotopic (exact) mass is 550 g/mol. The van der Waals surface area contributed by atoms with Crippen molar-refractivity contribution in [3.63, 3.8) is 0 Å². The molecular formula is C28H54O10. The van der Waals surface area contributed by atoms with Crippen molar-refractivity contribution in [2.45, 2.75) is 78.1 Å². The Kier molecular flexibility index (Phi) is 30.8. The number of esters is 2. The molecule has 0 aliphatic heterocycles. The van der Waals surface area contributed by atoms with Crippen LogP contribution >= 0.6 is 0 Å². The molecule has 0 spiro atoms. The molecule has 0 aliphatic rings. The molecule has 0 saturated carbocycles. The van der Waals surface area contributed by atoms with Crippen molar-refractivity contribution in [2.24, 2.45) is 0 Å². The average Bonchev–Trinajstić information content (AvgIpc) is 2.91. The van der Waals surface area contributed by atoms with E-state index in [1.807, 2.05) is 0 Å². The summed E-state index contributed by atoms with van der Waals surface area (Å²) in [5.74, 6) is -0.307. The smallest absolute Gasteiger partial charge is 0.305 e. The second-order valence-corrected chi connectivity index (χ2v) is 8.74. The molecule has 0 rings (SSSR count). The molecular weight excluding hydrogens is 496 g/mol. The van der Waals surface area contributed by atoms with Gasteiger partial charge in [-0.1, -0.05) is 52.4 Å². The molecule has 0 unspecified atom stereocenters. The molecule has 0 aliphatic carbocycles. The van der Waals surface area contributed by atoms with E-state index in [2.05, 4.69) is 13.8 Å². The van der Waals surface area contributed by atoms with Crippen LogP contribution in [-0.2, 0) is 47.5 Å². The zero-order valence-corrected chi connectivity index (χ0v) is 24.1. The van der Waals surface area contributed by atoms with Crippen LogP contribution in [0.4, 0.5) is 0 Å². The summed E-state index contributed by atoms with van der Waals surface area (Å²) < 4.78 is 42.7. The molecule has 38 heavy (non-hydrogen) atoms. The van der Waals surface area contributed by atoms with E-state index in [0.29, 0.717) is 92.1 Å². The van der Waals surface area contributed by atoms with E-state index >= 15 is 0 Å². The Morgan fingerprint density at radius 2 is 0.632 bits per heavy atom. The maximum absolute atomic E-state index is 11.6. The van der Waals surface area contributed by atoms with Gasteiger partial charge < -0.3 is 37.9 Å². The maximum Gasteiger partial charge on any atom is 0.305 e. The minimum absolute atomic E-state index is 0.148. The van der Waals surface area contributed by atoms with Gasteiger partial charge in [0, 0.05) is 12.8 Å². The van der Waals surface area contributed by atoms with Crippen molar-refractivity contribution in [3.8, 4) is 0 Å². The molecule has 0 fully saturated rings. The molecule has 0 N–H and O–H groups in total. The van der Waals surface area contributed by atoms with E-state index in [0.717, 1.165) is 32.1 Å². The van der Waals surface area contributed by atoms with Crippen molar-refractivity contribution in [1.29, 1.82) is 0 Å². The number of carbonyl (C=O) groups excluding carboxylic acids is 2. The van der Waals surface area contributed by atoms with Crippen LogP contribution in [0.2, 0.25) is 0 Å². The summed E-state index contributed by atoms with van der Waals surface area (Å²) in [6, 6.07) is 0. The largest absolute Gasteiger partial charge is 0.463 e. The van der Waals surface area contributed by atoms with Crippen LogP contribution < -0.4 is 0 Å². The summed E-state index contributed by atoms with van der Waals surface area (Å²) in [5, 5.41) is 0. The SMILES string of the molecule is CCCCCCCC(=O)OCCOCCOCCOCCOCCOCCOCCOC(=O)CCCCC. The highest BCUT2D eigenvalue weighted by molar-refractivity contribution is 5.69. The summed E-state index contributed by atoms with van der Waals surface area (Å²) in [4.78, 5) is 23.0. The van der Waals surface area contributed by atoms with Crippen LogP contribution in [0.5, 0.6) is 0 Å². The number of ether oxygens (including phenoxy) is 8. The Morgan fingerprint density at radius 1 is 0.368 bits per heavy atom. The summed E-state index contributed by atoms with van der Waals surface area (Å²) in [5.41, 5.74) is 0. The molecule has 0 aromatic rings. The minimum atomic E-state index is -0.159. The van der Waals surface area contributed by atoms with Crippen LogP contribution in [0.3, 0.4) is 0 Å². The zero-order valence-electron chi connectivity index (χ0n) is 24.1. The lowest BCUT2D eigenvalue weighted by Crippen LogP contribution is -2.15. The lowest BCUT2D eigenvalue weighted by atomic mass is 10.1. The summed E-state index contributed by atoms with van der Waals surface area (Å²) in [7, 11) is 0. The average molecular weight is 551 g/mol. The van der Waals surface area contributed by atoms with E-state index < -0.39 is 0 Å². The predicted molar refractivity (Wildman–Crippen MR) is 144 cm³/mol. The number of hydrogen-bond acceptors (Lipinski definition) is 10. The molecule has 0 saturated heterocycles. The van der Waals surface area contributed by atoms with Crippen LogP contribution in [0.25, 0.3) is 0 Å². The van der Waals surface area contributed by atoms with Gasteiger partial charge in [-0.25, -0.2) is 0 Å². The van der Waals surface area contributed by atoms with Gasteiger partial charge in [0.15, 0.2) is 0 Å². The van der Waals surface area contributed by atoms with E-state index in [1.54, 1.807) is 0 Å². The third kappa shape index (κ3) is 30.9. The highest BCUT2D eigenvalue weighted by Gasteiger charge is 2.03. The fourth-order valence-electron chi connectivity index (χ4n) is 3.17. The normalized spacial score (nSPS) is 11.1. The lowest BCUT2D eigenvalue weighted by Gasteiger charge is -2.09. The second-order valence-electron chi connectivity index (χ2n) is 8.74. The fraction of sp³-hybridized carbons (Fsp3) is 0.929. The molecule has 0 aromatic carbocycles. The summed E-state index contributed by atoms with van der Waals surface area (Å²) >= 11 is 0. The van der Waals surface area contributed by atoms with Gasteiger partial charge in [0.1, 0.15) is 13.2 Å². The van der Waals surface area contributed by atoms with Gasteiger partial charge >= 0.3 is 11.9 Å². The first-order chi connectivity index (χ1) is 18.7. The number of hydrogen-bond donors (Lipinski definition) is 0. The number of unbranched alkanes of at least 4 members (excludes halogenated alkanes) is 6. The van der Waals surface area contributed by atoms with Gasteiger partial charge in [0.2, 0.25) is 0 Å². The Balaban J connectivity index is 3.13. The van der Waals surface area contributed by atoms with E-state index in [4.69, 9.17) is 37.9 Å².